The molecule has 1 atom stereocenters. The second kappa shape index (κ2) is 7.97. The van der Waals surface area contributed by atoms with Crippen molar-refractivity contribution in [2.75, 3.05) is 26.2 Å². The van der Waals surface area contributed by atoms with Crippen LogP contribution in [0.4, 0.5) is 0 Å². The second-order valence-corrected chi connectivity index (χ2v) is 4.01. The third kappa shape index (κ3) is 6.13. The molecule has 0 aromatic rings. The Bertz CT molecular complexity index is 148. The van der Waals surface area contributed by atoms with Crippen molar-refractivity contribution in [3.63, 3.8) is 0 Å². The zero-order valence-electron chi connectivity index (χ0n) is 9.45. The van der Waals surface area contributed by atoms with Gasteiger partial charge in [0.15, 0.2) is 0 Å². The fourth-order valence-electron chi connectivity index (χ4n) is 1.28. The van der Waals surface area contributed by atoms with Crippen molar-refractivity contribution in [2.45, 2.75) is 26.3 Å². The number of rotatable bonds is 8. The number of nitrogens with two attached hydrogens (primary N) is 1. The number of aliphatic hydroxyl groups excluding tert-OH is 1. The van der Waals surface area contributed by atoms with Crippen LogP contribution in [0.15, 0.2) is 12.7 Å². The number of hydrogen-bond acceptors (Lipinski definition) is 3. The summed E-state index contributed by atoms with van der Waals surface area (Å²) in [5, 5.41) is 8.83. The van der Waals surface area contributed by atoms with E-state index in [1.807, 2.05) is 6.08 Å². The quantitative estimate of drug-likeness (QED) is 0.571. The predicted molar refractivity (Wildman–Crippen MR) is 61.2 cm³/mol. The van der Waals surface area contributed by atoms with E-state index in [4.69, 9.17) is 10.8 Å². The van der Waals surface area contributed by atoms with Gasteiger partial charge in [-0.05, 0) is 12.3 Å². The lowest BCUT2D eigenvalue weighted by atomic mass is 10.0. The van der Waals surface area contributed by atoms with E-state index in [9.17, 15) is 0 Å². The van der Waals surface area contributed by atoms with Crippen LogP contribution < -0.4 is 5.73 Å². The molecule has 0 radical (unpaired) electrons. The Balaban J connectivity index is 3.74. The SMILES string of the molecule is C=CCN(CCO)CCC(N)C(C)C. The fraction of sp³-hybridized carbons (Fsp3) is 0.818. The standard InChI is InChI=1S/C11H24N2O/c1-4-6-13(8-9-14)7-5-11(12)10(2)3/h4,10-11,14H,1,5-9,12H2,2-3H3. The smallest absolute Gasteiger partial charge is 0.0558 e. The molecular formula is C11H24N2O. The lowest BCUT2D eigenvalue weighted by Gasteiger charge is -2.23. The van der Waals surface area contributed by atoms with E-state index in [0.717, 1.165) is 19.5 Å². The van der Waals surface area contributed by atoms with Crippen molar-refractivity contribution in [1.29, 1.82) is 0 Å². The van der Waals surface area contributed by atoms with Gasteiger partial charge in [-0.15, -0.1) is 6.58 Å². The van der Waals surface area contributed by atoms with Gasteiger partial charge >= 0.3 is 0 Å². The molecule has 0 saturated carbocycles. The van der Waals surface area contributed by atoms with E-state index in [1.54, 1.807) is 0 Å². The molecule has 0 aliphatic heterocycles. The van der Waals surface area contributed by atoms with Crippen molar-refractivity contribution in [2.24, 2.45) is 11.7 Å². The van der Waals surface area contributed by atoms with Crippen LogP contribution in [-0.2, 0) is 0 Å². The molecule has 0 rings (SSSR count). The molecule has 0 aliphatic rings. The number of nitrogens with zero attached hydrogens (tertiary/aromatic N) is 1. The van der Waals surface area contributed by atoms with E-state index < -0.39 is 0 Å². The molecule has 0 saturated heterocycles. The van der Waals surface area contributed by atoms with Crippen molar-refractivity contribution in [3.05, 3.63) is 12.7 Å². The first-order valence-corrected chi connectivity index (χ1v) is 5.31. The molecule has 3 nitrogen and oxygen atoms in total. The zero-order valence-corrected chi connectivity index (χ0v) is 9.45. The summed E-state index contributed by atoms with van der Waals surface area (Å²) in [6, 6.07) is 0.251. The van der Waals surface area contributed by atoms with Crippen LogP contribution in [0.3, 0.4) is 0 Å². The Hall–Kier alpha value is -0.380. The highest BCUT2D eigenvalue weighted by atomic mass is 16.3. The van der Waals surface area contributed by atoms with E-state index >= 15 is 0 Å². The molecule has 3 N–H and O–H groups in total. The van der Waals surface area contributed by atoms with Crippen LogP contribution in [0, 0.1) is 5.92 Å². The van der Waals surface area contributed by atoms with E-state index in [-0.39, 0.29) is 12.6 Å². The third-order valence-corrected chi connectivity index (χ3v) is 2.44. The molecule has 0 spiro atoms. The highest BCUT2D eigenvalue weighted by Gasteiger charge is 2.09. The fourth-order valence-corrected chi connectivity index (χ4v) is 1.28. The molecule has 1 unspecified atom stereocenters. The Morgan fingerprint density at radius 1 is 1.43 bits per heavy atom. The van der Waals surface area contributed by atoms with E-state index in [1.165, 1.54) is 0 Å². The maximum atomic E-state index is 8.83. The van der Waals surface area contributed by atoms with Crippen LogP contribution in [-0.4, -0.2) is 42.3 Å². The molecule has 0 aromatic heterocycles. The Kier molecular flexibility index (Phi) is 7.76. The largest absolute Gasteiger partial charge is 0.395 e. The molecule has 0 bridgehead atoms. The van der Waals surface area contributed by atoms with Gasteiger partial charge in [0.25, 0.3) is 0 Å². The van der Waals surface area contributed by atoms with E-state index in [2.05, 4.69) is 25.3 Å². The minimum absolute atomic E-state index is 0.199. The van der Waals surface area contributed by atoms with Gasteiger partial charge in [-0.2, -0.15) is 0 Å². The molecule has 84 valence electrons. The first-order valence-electron chi connectivity index (χ1n) is 5.31. The van der Waals surface area contributed by atoms with Crippen molar-refractivity contribution < 1.29 is 5.11 Å². The minimum atomic E-state index is 0.199. The van der Waals surface area contributed by atoms with Gasteiger partial charge in [0.1, 0.15) is 0 Å². The van der Waals surface area contributed by atoms with Crippen molar-refractivity contribution in [1.82, 2.24) is 4.90 Å². The van der Waals surface area contributed by atoms with E-state index in [0.29, 0.717) is 12.5 Å². The molecule has 0 aliphatic carbocycles. The van der Waals surface area contributed by atoms with Crippen molar-refractivity contribution in [3.8, 4) is 0 Å². The van der Waals surface area contributed by atoms with Gasteiger partial charge in [-0.3, -0.25) is 4.90 Å². The summed E-state index contributed by atoms with van der Waals surface area (Å²) in [6.45, 7) is 10.6. The second-order valence-electron chi connectivity index (χ2n) is 4.01. The van der Waals surface area contributed by atoms with Crippen LogP contribution >= 0.6 is 0 Å². The highest BCUT2D eigenvalue weighted by Crippen LogP contribution is 2.04. The highest BCUT2D eigenvalue weighted by molar-refractivity contribution is 4.75. The van der Waals surface area contributed by atoms with Gasteiger partial charge in [0.2, 0.25) is 0 Å². The van der Waals surface area contributed by atoms with Crippen LogP contribution in [0.25, 0.3) is 0 Å². The zero-order chi connectivity index (χ0) is 11.0. The molecule has 0 heterocycles. The Morgan fingerprint density at radius 2 is 2.07 bits per heavy atom. The summed E-state index contributed by atoms with van der Waals surface area (Å²) >= 11 is 0. The lowest BCUT2D eigenvalue weighted by molar-refractivity contribution is 0.201. The summed E-state index contributed by atoms with van der Waals surface area (Å²) in [6.07, 6.45) is 2.84. The summed E-state index contributed by atoms with van der Waals surface area (Å²) in [5.41, 5.74) is 5.94. The average Bonchev–Trinajstić information content (AvgIpc) is 2.14. The monoisotopic (exact) mass is 200 g/mol. The summed E-state index contributed by atoms with van der Waals surface area (Å²) in [7, 11) is 0. The maximum Gasteiger partial charge on any atom is 0.0558 e. The predicted octanol–water partition coefficient (Wildman–Crippen LogP) is 0.840. The van der Waals surface area contributed by atoms with Crippen LogP contribution in [0.1, 0.15) is 20.3 Å². The minimum Gasteiger partial charge on any atom is -0.395 e. The topological polar surface area (TPSA) is 49.5 Å². The molecule has 14 heavy (non-hydrogen) atoms. The van der Waals surface area contributed by atoms with Gasteiger partial charge in [0.05, 0.1) is 6.61 Å². The normalized spacial score (nSPS) is 13.6. The molecule has 0 fully saturated rings. The average molecular weight is 200 g/mol. The summed E-state index contributed by atoms with van der Waals surface area (Å²) in [4.78, 5) is 2.16. The van der Waals surface area contributed by atoms with Gasteiger partial charge < -0.3 is 10.8 Å². The first-order chi connectivity index (χ1) is 6.61. The van der Waals surface area contributed by atoms with Gasteiger partial charge in [-0.1, -0.05) is 19.9 Å². The number of aliphatic hydroxyl groups is 1. The summed E-state index contributed by atoms with van der Waals surface area (Å²) < 4.78 is 0. The van der Waals surface area contributed by atoms with Crippen molar-refractivity contribution >= 4 is 0 Å². The molecule has 3 heteroatoms. The van der Waals surface area contributed by atoms with Crippen LogP contribution in [0.5, 0.6) is 0 Å². The third-order valence-electron chi connectivity index (χ3n) is 2.44. The summed E-state index contributed by atoms with van der Waals surface area (Å²) in [5.74, 6) is 0.523. The molecular weight excluding hydrogens is 176 g/mol. The van der Waals surface area contributed by atoms with Crippen LogP contribution in [0.2, 0.25) is 0 Å². The van der Waals surface area contributed by atoms with Gasteiger partial charge in [0, 0.05) is 25.7 Å². The Labute approximate surface area is 87.6 Å². The lowest BCUT2D eigenvalue weighted by Crippen LogP contribution is -2.34. The Morgan fingerprint density at radius 3 is 2.50 bits per heavy atom. The number of hydrogen-bond donors (Lipinski definition) is 2. The molecule has 0 aromatic carbocycles. The molecule has 0 amide bonds. The van der Waals surface area contributed by atoms with Gasteiger partial charge in [-0.25, -0.2) is 0 Å². The maximum absolute atomic E-state index is 8.83. The first kappa shape index (κ1) is 13.6.